The van der Waals surface area contributed by atoms with E-state index in [9.17, 15) is 18.0 Å². The highest BCUT2D eigenvalue weighted by Crippen LogP contribution is 2.25. The molecule has 140 valence electrons. The summed E-state index contributed by atoms with van der Waals surface area (Å²) >= 11 is 1.43. The number of carbonyl (C=O) groups is 1. The van der Waals surface area contributed by atoms with Crippen LogP contribution in [0, 0.1) is 0 Å². The van der Waals surface area contributed by atoms with Crippen LogP contribution in [-0.2, 0) is 0 Å². The topological polar surface area (TPSA) is 38.1 Å². The number of hydrogen-bond acceptors (Lipinski definition) is 3. The number of imidazole rings is 1. The molecule has 0 aliphatic heterocycles. The van der Waals surface area contributed by atoms with Crippen molar-refractivity contribution in [1.82, 2.24) is 9.55 Å². The summed E-state index contributed by atoms with van der Waals surface area (Å²) in [6, 6.07) is 14.3. The predicted molar refractivity (Wildman–Crippen MR) is 99.5 cm³/mol. The number of thioether (sulfide) groups is 1. The second kappa shape index (κ2) is 7.87. The smallest absolute Gasteiger partial charge is 0.299 e. The van der Waals surface area contributed by atoms with Crippen molar-refractivity contribution in [2.75, 3.05) is 17.7 Å². The second-order valence-corrected chi connectivity index (χ2v) is 6.45. The molecule has 0 radical (unpaired) electrons. The van der Waals surface area contributed by atoms with Crippen molar-refractivity contribution in [3.8, 4) is 5.69 Å². The standard InChI is InChI=1S/C19H16F3N3OS/c1-27-18-23-10-11-24(18)16-9-5-6-14(12-16)17(26)25(13-19(20,21)22)15-7-3-2-4-8-15/h2-12H,13H2,1H3. The minimum atomic E-state index is -4.51. The van der Waals surface area contributed by atoms with E-state index >= 15 is 0 Å². The average molecular weight is 391 g/mol. The van der Waals surface area contributed by atoms with Crippen LogP contribution in [0.5, 0.6) is 0 Å². The van der Waals surface area contributed by atoms with Crippen molar-refractivity contribution in [2.45, 2.75) is 11.3 Å². The van der Waals surface area contributed by atoms with E-state index < -0.39 is 18.6 Å². The van der Waals surface area contributed by atoms with Gasteiger partial charge in [0.2, 0.25) is 0 Å². The van der Waals surface area contributed by atoms with E-state index in [1.165, 1.54) is 30.0 Å². The van der Waals surface area contributed by atoms with E-state index in [-0.39, 0.29) is 11.3 Å². The minimum Gasteiger partial charge on any atom is -0.299 e. The maximum Gasteiger partial charge on any atom is 0.406 e. The summed E-state index contributed by atoms with van der Waals surface area (Å²) in [5, 5.41) is 0.717. The Bertz CT molecular complexity index is 925. The number of anilines is 1. The molecule has 0 aliphatic rings. The van der Waals surface area contributed by atoms with Crippen LogP contribution in [0.2, 0.25) is 0 Å². The zero-order chi connectivity index (χ0) is 19.4. The van der Waals surface area contributed by atoms with Crippen LogP contribution >= 0.6 is 11.8 Å². The van der Waals surface area contributed by atoms with Crippen LogP contribution < -0.4 is 4.90 Å². The molecule has 0 unspecified atom stereocenters. The summed E-state index contributed by atoms with van der Waals surface area (Å²) in [4.78, 5) is 17.8. The van der Waals surface area contributed by atoms with Gasteiger partial charge in [0.1, 0.15) is 6.54 Å². The lowest BCUT2D eigenvalue weighted by Crippen LogP contribution is -2.39. The fraction of sp³-hybridized carbons (Fsp3) is 0.158. The fourth-order valence-electron chi connectivity index (χ4n) is 2.65. The van der Waals surface area contributed by atoms with Crippen molar-refractivity contribution >= 4 is 23.4 Å². The molecular formula is C19H16F3N3OS. The molecule has 1 heterocycles. The van der Waals surface area contributed by atoms with E-state index in [4.69, 9.17) is 0 Å². The van der Waals surface area contributed by atoms with Crippen LogP contribution in [0.4, 0.5) is 18.9 Å². The van der Waals surface area contributed by atoms with E-state index in [1.807, 2.05) is 6.26 Å². The molecule has 0 fully saturated rings. The third kappa shape index (κ3) is 4.51. The fourth-order valence-corrected chi connectivity index (χ4v) is 3.18. The first kappa shape index (κ1) is 19.0. The first-order chi connectivity index (χ1) is 12.9. The third-order valence-electron chi connectivity index (χ3n) is 3.81. The van der Waals surface area contributed by atoms with E-state index in [0.717, 1.165) is 10.1 Å². The molecule has 8 heteroatoms. The van der Waals surface area contributed by atoms with Crippen LogP contribution in [0.1, 0.15) is 10.4 Å². The quantitative estimate of drug-likeness (QED) is 0.586. The molecule has 1 aromatic heterocycles. The first-order valence-corrected chi connectivity index (χ1v) is 9.23. The maximum absolute atomic E-state index is 13.1. The molecule has 0 saturated heterocycles. The van der Waals surface area contributed by atoms with Crippen molar-refractivity contribution in [2.24, 2.45) is 0 Å². The average Bonchev–Trinajstić information content (AvgIpc) is 3.14. The van der Waals surface area contributed by atoms with Gasteiger partial charge in [-0.05, 0) is 36.6 Å². The molecule has 0 atom stereocenters. The Balaban J connectivity index is 1.98. The number of carbonyl (C=O) groups excluding carboxylic acids is 1. The summed E-state index contributed by atoms with van der Waals surface area (Å²) in [5.74, 6) is -0.716. The molecule has 3 rings (SSSR count). The van der Waals surface area contributed by atoms with Gasteiger partial charge in [-0.2, -0.15) is 13.2 Å². The Labute approximate surface area is 158 Å². The van der Waals surface area contributed by atoms with Crippen molar-refractivity contribution in [3.05, 3.63) is 72.6 Å². The predicted octanol–water partition coefficient (Wildman–Crippen LogP) is 4.80. The van der Waals surface area contributed by atoms with Gasteiger partial charge in [-0.3, -0.25) is 14.3 Å². The van der Waals surface area contributed by atoms with E-state index in [1.54, 1.807) is 53.4 Å². The summed E-state index contributed by atoms with van der Waals surface area (Å²) in [6.45, 7) is -1.36. The van der Waals surface area contributed by atoms with Gasteiger partial charge in [0.15, 0.2) is 5.16 Å². The van der Waals surface area contributed by atoms with Gasteiger partial charge in [-0.15, -0.1) is 0 Å². The molecule has 0 spiro atoms. The van der Waals surface area contributed by atoms with Gasteiger partial charge < -0.3 is 0 Å². The second-order valence-electron chi connectivity index (χ2n) is 5.68. The summed E-state index contributed by atoms with van der Waals surface area (Å²) in [7, 11) is 0. The molecule has 3 aromatic rings. The van der Waals surface area contributed by atoms with Crippen LogP contribution in [0.25, 0.3) is 5.69 Å². The maximum atomic E-state index is 13.1. The monoisotopic (exact) mass is 391 g/mol. The highest BCUT2D eigenvalue weighted by Gasteiger charge is 2.34. The number of alkyl halides is 3. The number of para-hydroxylation sites is 1. The number of aromatic nitrogens is 2. The zero-order valence-electron chi connectivity index (χ0n) is 14.3. The number of hydrogen-bond donors (Lipinski definition) is 0. The summed E-state index contributed by atoms with van der Waals surface area (Å²) < 4.78 is 41.0. The molecule has 0 saturated carbocycles. The highest BCUT2D eigenvalue weighted by atomic mass is 32.2. The molecule has 1 amide bonds. The van der Waals surface area contributed by atoms with Gasteiger partial charge in [-0.1, -0.05) is 36.0 Å². The third-order valence-corrected chi connectivity index (χ3v) is 4.48. The molecule has 0 N–H and O–H groups in total. The zero-order valence-corrected chi connectivity index (χ0v) is 15.2. The number of benzene rings is 2. The van der Waals surface area contributed by atoms with Gasteiger partial charge in [0.25, 0.3) is 5.91 Å². The van der Waals surface area contributed by atoms with Gasteiger partial charge in [0.05, 0.1) is 0 Å². The first-order valence-electron chi connectivity index (χ1n) is 8.00. The molecule has 27 heavy (non-hydrogen) atoms. The van der Waals surface area contributed by atoms with Crippen molar-refractivity contribution in [1.29, 1.82) is 0 Å². The van der Waals surface area contributed by atoms with Crippen molar-refractivity contribution in [3.63, 3.8) is 0 Å². The normalized spacial score (nSPS) is 11.4. The number of rotatable bonds is 5. The Morgan fingerprint density at radius 1 is 1.15 bits per heavy atom. The largest absolute Gasteiger partial charge is 0.406 e. The van der Waals surface area contributed by atoms with Crippen molar-refractivity contribution < 1.29 is 18.0 Å². The number of amides is 1. The Morgan fingerprint density at radius 2 is 1.89 bits per heavy atom. The summed E-state index contributed by atoms with van der Waals surface area (Å²) in [5.41, 5.74) is 1.02. The minimum absolute atomic E-state index is 0.168. The molecule has 4 nitrogen and oxygen atoms in total. The number of halogens is 3. The lowest BCUT2D eigenvalue weighted by atomic mass is 10.1. The number of nitrogens with zero attached hydrogens (tertiary/aromatic N) is 3. The molecule has 0 bridgehead atoms. The lowest BCUT2D eigenvalue weighted by Gasteiger charge is -2.24. The molecule has 0 aliphatic carbocycles. The van der Waals surface area contributed by atoms with Crippen LogP contribution in [0.15, 0.2) is 72.1 Å². The molecule has 2 aromatic carbocycles. The van der Waals surface area contributed by atoms with Crippen LogP contribution in [0.3, 0.4) is 0 Å². The Hall–Kier alpha value is -2.74. The highest BCUT2D eigenvalue weighted by molar-refractivity contribution is 7.98. The SMILES string of the molecule is CSc1nccn1-c1cccc(C(=O)N(CC(F)(F)F)c2ccccc2)c1. The van der Waals surface area contributed by atoms with E-state index in [0.29, 0.717) is 5.69 Å². The van der Waals surface area contributed by atoms with Gasteiger partial charge in [-0.25, -0.2) is 4.98 Å². The van der Waals surface area contributed by atoms with E-state index in [2.05, 4.69) is 4.98 Å². The Kier molecular flexibility index (Phi) is 5.55. The lowest BCUT2D eigenvalue weighted by molar-refractivity contribution is -0.118. The summed E-state index contributed by atoms with van der Waals surface area (Å²) in [6.07, 6.45) is 0.716. The Morgan fingerprint density at radius 3 is 2.56 bits per heavy atom. The van der Waals surface area contributed by atoms with Crippen LogP contribution in [-0.4, -0.2) is 34.4 Å². The molecular weight excluding hydrogens is 375 g/mol. The van der Waals surface area contributed by atoms with Gasteiger partial charge in [0, 0.05) is 29.3 Å². The van der Waals surface area contributed by atoms with Gasteiger partial charge >= 0.3 is 6.18 Å².